The number of hydrogen-bond acceptors (Lipinski definition) is 4. The van der Waals surface area contributed by atoms with Crippen molar-refractivity contribution in [2.45, 2.75) is 13.2 Å². The molecule has 0 aliphatic carbocycles. The molecule has 0 aromatic heterocycles. The molecule has 156 valence electrons. The van der Waals surface area contributed by atoms with Crippen LogP contribution in [0.5, 0.6) is 11.5 Å². The Hall–Kier alpha value is -2.60. The lowest BCUT2D eigenvalue weighted by Crippen LogP contribution is -2.03. The summed E-state index contributed by atoms with van der Waals surface area (Å²) in [5.41, 5.74) is 2.54. The van der Waals surface area contributed by atoms with Crippen molar-refractivity contribution in [1.29, 1.82) is 0 Å². The average molecular weight is 467 g/mol. The van der Waals surface area contributed by atoms with Crippen LogP contribution >= 0.6 is 34.8 Å². The Balaban J connectivity index is 1.71. The van der Waals surface area contributed by atoms with Gasteiger partial charge in [0.2, 0.25) is 0 Å². The lowest BCUT2D eigenvalue weighted by molar-refractivity contribution is 0.0697. The van der Waals surface area contributed by atoms with Gasteiger partial charge in [-0.05, 0) is 53.6 Å². The van der Waals surface area contributed by atoms with Gasteiger partial charge >= 0.3 is 5.97 Å². The molecule has 0 saturated heterocycles. The standard InChI is InChI=1S/C22H18Cl3NO4/c1-29-20-9-14(11-26-16-6-7-17(22(27)28)18(24)10-16)8-19(25)21(20)30-12-13-2-4-15(23)5-3-13/h2-10,26H,11-12H2,1H3,(H,27,28). The fourth-order valence-electron chi connectivity index (χ4n) is 2.75. The van der Waals surface area contributed by atoms with Crippen LogP contribution in [0, 0.1) is 0 Å². The van der Waals surface area contributed by atoms with Gasteiger partial charge < -0.3 is 19.9 Å². The molecule has 0 bridgehead atoms. The van der Waals surface area contributed by atoms with Crippen molar-refractivity contribution in [3.05, 3.63) is 86.4 Å². The van der Waals surface area contributed by atoms with E-state index in [0.717, 1.165) is 11.1 Å². The Morgan fingerprint density at radius 3 is 2.33 bits per heavy atom. The number of ether oxygens (including phenoxy) is 2. The summed E-state index contributed by atoms with van der Waals surface area (Å²) in [5, 5.41) is 13.5. The maximum Gasteiger partial charge on any atom is 0.337 e. The van der Waals surface area contributed by atoms with Crippen molar-refractivity contribution in [2.24, 2.45) is 0 Å². The fourth-order valence-corrected chi connectivity index (χ4v) is 3.43. The van der Waals surface area contributed by atoms with Crippen molar-refractivity contribution in [2.75, 3.05) is 12.4 Å². The Kier molecular flexibility index (Phi) is 7.32. The predicted octanol–water partition coefficient (Wildman–Crippen LogP) is 6.54. The molecule has 0 unspecified atom stereocenters. The maximum atomic E-state index is 11.1. The third-order valence-corrected chi connectivity index (χ3v) is 5.13. The van der Waals surface area contributed by atoms with Gasteiger partial charge in [0.15, 0.2) is 11.5 Å². The summed E-state index contributed by atoms with van der Waals surface area (Å²) >= 11 is 18.3. The van der Waals surface area contributed by atoms with E-state index in [1.165, 1.54) is 6.07 Å². The number of carboxylic acid groups (broad SMARTS) is 1. The average Bonchev–Trinajstić information content (AvgIpc) is 2.72. The van der Waals surface area contributed by atoms with Gasteiger partial charge in [-0.25, -0.2) is 4.79 Å². The van der Waals surface area contributed by atoms with E-state index in [4.69, 9.17) is 49.4 Å². The predicted molar refractivity (Wildman–Crippen MR) is 120 cm³/mol. The minimum absolute atomic E-state index is 0.0501. The number of benzene rings is 3. The van der Waals surface area contributed by atoms with Crippen LogP contribution in [0.2, 0.25) is 15.1 Å². The molecule has 5 nitrogen and oxygen atoms in total. The largest absolute Gasteiger partial charge is 0.493 e. The molecule has 0 spiro atoms. The normalized spacial score (nSPS) is 10.5. The van der Waals surface area contributed by atoms with E-state index < -0.39 is 5.97 Å². The highest BCUT2D eigenvalue weighted by molar-refractivity contribution is 6.34. The number of halogens is 3. The first kappa shape index (κ1) is 22.1. The van der Waals surface area contributed by atoms with Crippen LogP contribution in [-0.2, 0) is 13.2 Å². The van der Waals surface area contributed by atoms with Gasteiger partial charge in [0.1, 0.15) is 6.61 Å². The summed E-state index contributed by atoms with van der Waals surface area (Å²) in [4.78, 5) is 11.1. The molecule has 0 amide bonds. The van der Waals surface area contributed by atoms with E-state index in [2.05, 4.69) is 5.32 Å². The van der Waals surface area contributed by atoms with Gasteiger partial charge in [-0.1, -0.05) is 46.9 Å². The fraction of sp³-hybridized carbons (Fsp3) is 0.136. The first-order valence-electron chi connectivity index (χ1n) is 8.87. The number of methoxy groups -OCH3 is 1. The molecule has 2 N–H and O–H groups in total. The molecule has 3 aromatic carbocycles. The second-order valence-corrected chi connectivity index (χ2v) is 7.63. The van der Waals surface area contributed by atoms with Crippen LogP contribution in [0.25, 0.3) is 0 Å². The molecule has 0 atom stereocenters. The number of rotatable bonds is 8. The Morgan fingerprint density at radius 1 is 0.967 bits per heavy atom. The van der Waals surface area contributed by atoms with Gasteiger partial charge in [-0.15, -0.1) is 0 Å². The molecule has 0 heterocycles. The minimum Gasteiger partial charge on any atom is -0.493 e. The highest BCUT2D eigenvalue weighted by Crippen LogP contribution is 2.37. The lowest BCUT2D eigenvalue weighted by atomic mass is 10.1. The highest BCUT2D eigenvalue weighted by atomic mass is 35.5. The smallest absolute Gasteiger partial charge is 0.337 e. The monoisotopic (exact) mass is 465 g/mol. The summed E-state index contributed by atoms with van der Waals surface area (Å²) in [7, 11) is 1.54. The molecule has 3 rings (SSSR count). The van der Waals surface area contributed by atoms with Gasteiger partial charge in [-0.3, -0.25) is 0 Å². The summed E-state index contributed by atoms with van der Waals surface area (Å²) < 4.78 is 11.3. The number of nitrogens with one attached hydrogen (secondary N) is 1. The summed E-state index contributed by atoms with van der Waals surface area (Å²) in [6.45, 7) is 0.746. The maximum absolute atomic E-state index is 11.1. The Labute approximate surface area is 189 Å². The first-order valence-corrected chi connectivity index (χ1v) is 10.0. The zero-order valence-corrected chi connectivity index (χ0v) is 18.2. The Morgan fingerprint density at radius 2 is 1.70 bits per heavy atom. The van der Waals surface area contributed by atoms with Crippen LogP contribution in [0.4, 0.5) is 5.69 Å². The SMILES string of the molecule is COc1cc(CNc2ccc(C(=O)O)c(Cl)c2)cc(Cl)c1OCc1ccc(Cl)cc1. The topological polar surface area (TPSA) is 67.8 Å². The Bertz CT molecular complexity index is 1050. The lowest BCUT2D eigenvalue weighted by Gasteiger charge is -2.15. The van der Waals surface area contributed by atoms with E-state index in [-0.39, 0.29) is 10.6 Å². The highest BCUT2D eigenvalue weighted by Gasteiger charge is 2.13. The van der Waals surface area contributed by atoms with Crippen LogP contribution in [0.3, 0.4) is 0 Å². The number of anilines is 1. The third-order valence-electron chi connectivity index (χ3n) is 4.28. The number of carboxylic acids is 1. The van der Waals surface area contributed by atoms with E-state index in [9.17, 15) is 4.79 Å². The molecular weight excluding hydrogens is 449 g/mol. The second kappa shape index (κ2) is 9.94. The minimum atomic E-state index is -1.07. The van der Waals surface area contributed by atoms with Crippen LogP contribution < -0.4 is 14.8 Å². The molecule has 30 heavy (non-hydrogen) atoms. The van der Waals surface area contributed by atoms with Crippen molar-refractivity contribution < 1.29 is 19.4 Å². The van der Waals surface area contributed by atoms with E-state index >= 15 is 0 Å². The molecule has 8 heteroatoms. The van der Waals surface area contributed by atoms with Gasteiger partial charge in [0.25, 0.3) is 0 Å². The number of hydrogen-bond donors (Lipinski definition) is 2. The zero-order valence-electron chi connectivity index (χ0n) is 15.9. The van der Waals surface area contributed by atoms with Gasteiger partial charge in [-0.2, -0.15) is 0 Å². The molecule has 0 aliphatic rings. The summed E-state index contributed by atoms with van der Waals surface area (Å²) in [6.07, 6.45) is 0. The molecule has 0 radical (unpaired) electrons. The van der Waals surface area contributed by atoms with E-state index in [1.807, 2.05) is 18.2 Å². The first-order chi connectivity index (χ1) is 14.4. The van der Waals surface area contributed by atoms with Crippen molar-refractivity contribution in [1.82, 2.24) is 0 Å². The van der Waals surface area contributed by atoms with Crippen molar-refractivity contribution in [3.8, 4) is 11.5 Å². The number of carbonyl (C=O) groups is 1. The number of aromatic carboxylic acids is 1. The van der Waals surface area contributed by atoms with Gasteiger partial charge in [0.05, 0.1) is 22.7 Å². The van der Waals surface area contributed by atoms with Gasteiger partial charge in [0, 0.05) is 17.3 Å². The van der Waals surface area contributed by atoms with Crippen LogP contribution in [0.1, 0.15) is 21.5 Å². The summed E-state index contributed by atoms with van der Waals surface area (Å²) in [6, 6.07) is 15.6. The molecule has 0 fully saturated rings. The second-order valence-electron chi connectivity index (χ2n) is 6.38. The zero-order chi connectivity index (χ0) is 21.7. The van der Waals surface area contributed by atoms with E-state index in [0.29, 0.717) is 40.4 Å². The van der Waals surface area contributed by atoms with Crippen LogP contribution in [-0.4, -0.2) is 18.2 Å². The summed E-state index contributed by atoms with van der Waals surface area (Å²) in [5.74, 6) is -0.114. The molecular formula is C22H18Cl3NO4. The molecule has 3 aromatic rings. The molecule has 0 aliphatic heterocycles. The van der Waals surface area contributed by atoms with E-state index in [1.54, 1.807) is 37.4 Å². The molecule has 0 saturated carbocycles. The van der Waals surface area contributed by atoms with Crippen LogP contribution in [0.15, 0.2) is 54.6 Å². The van der Waals surface area contributed by atoms with Crippen molar-refractivity contribution >= 4 is 46.5 Å². The van der Waals surface area contributed by atoms with Crippen molar-refractivity contribution in [3.63, 3.8) is 0 Å². The third kappa shape index (κ3) is 5.51. The quantitative estimate of drug-likeness (QED) is 0.394.